The van der Waals surface area contributed by atoms with Crippen LogP contribution in [0.4, 0.5) is 5.00 Å². The van der Waals surface area contributed by atoms with E-state index in [4.69, 9.17) is 10.5 Å². The van der Waals surface area contributed by atoms with Crippen LogP contribution in [-0.2, 0) is 4.74 Å². The molecule has 108 valence electrons. The first-order valence-electron chi connectivity index (χ1n) is 6.68. The van der Waals surface area contributed by atoms with Crippen molar-refractivity contribution in [1.82, 2.24) is 0 Å². The van der Waals surface area contributed by atoms with Crippen molar-refractivity contribution in [3.05, 3.63) is 64.6 Å². The first-order valence-corrected chi connectivity index (χ1v) is 7.49. The fourth-order valence-electron chi connectivity index (χ4n) is 1.86. The number of hydrogen-bond donors (Lipinski definition) is 1. The second-order valence-electron chi connectivity index (χ2n) is 4.21. The van der Waals surface area contributed by atoms with E-state index in [1.54, 1.807) is 6.92 Å². The highest BCUT2D eigenvalue weighted by molar-refractivity contribution is 7.17. The summed E-state index contributed by atoms with van der Waals surface area (Å²) >= 11 is 1.38. The SMILES string of the molecule is CCOC(=O)c1c(N)sc2c1\C=C/C=C\C=C/C=C\C=C2. The second kappa shape index (κ2) is 7.45. The number of thiophene rings is 1. The van der Waals surface area contributed by atoms with E-state index in [1.165, 1.54) is 11.3 Å². The zero-order valence-electron chi connectivity index (χ0n) is 11.8. The molecular formula is C17H17NO2S. The average molecular weight is 299 g/mol. The van der Waals surface area contributed by atoms with E-state index < -0.39 is 0 Å². The third kappa shape index (κ3) is 3.83. The van der Waals surface area contributed by atoms with Gasteiger partial charge in [-0.05, 0) is 13.0 Å². The van der Waals surface area contributed by atoms with Gasteiger partial charge in [-0.25, -0.2) is 4.79 Å². The molecule has 1 heterocycles. The van der Waals surface area contributed by atoms with Crippen LogP contribution in [0.1, 0.15) is 27.7 Å². The Hall–Kier alpha value is -2.33. The molecule has 1 aromatic heterocycles. The summed E-state index contributed by atoms with van der Waals surface area (Å²) < 4.78 is 5.09. The summed E-state index contributed by atoms with van der Waals surface area (Å²) in [6.45, 7) is 2.11. The number of rotatable bonds is 2. The lowest BCUT2D eigenvalue weighted by atomic mass is 10.1. The Morgan fingerprint density at radius 2 is 1.62 bits per heavy atom. The standard InChI is InChI=1S/C17H17NO2S/c1-2-20-17(19)15-13-11-9-7-5-3-4-6-8-10-12-14(13)21-16(15)18/h3-12H,2,18H2,1H3/b4-3-,5-3?,6-4?,7-5-,8-6-,9-7?,10-8?,11-9-,12-10?,13-11?,14-12?. The fourth-order valence-corrected chi connectivity index (χ4v) is 2.82. The van der Waals surface area contributed by atoms with Gasteiger partial charge in [0.1, 0.15) is 10.6 Å². The van der Waals surface area contributed by atoms with E-state index in [9.17, 15) is 4.79 Å². The molecule has 0 bridgehead atoms. The van der Waals surface area contributed by atoms with Crippen molar-refractivity contribution >= 4 is 34.5 Å². The second-order valence-corrected chi connectivity index (χ2v) is 5.30. The molecule has 0 amide bonds. The molecule has 0 spiro atoms. The average Bonchev–Trinajstić information content (AvgIpc) is 2.75. The van der Waals surface area contributed by atoms with Crippen LogP contribution in [0.5, 0.6) is 0 Å². The van der Waals surface area contributed by atoms with Crippen LogP contribution in [0.3, 0.4) is 0 Å². The molecule has 2 rings (SSSR count). The molecule has 0 aliphatic heterocycles. The number of carbonyl (C=O) groups is 1. The molecule has 1 aliphatic rings. The molecule has 21 heavy (non-hydrogen) atoms. The summed E-state index contributed by atoms with van der Waals surface area (Å²) in [7, 11) is 0. The summed E-state index contributed by atoms with van der Waals surface area (Å²) in [5.41, 5.74) is 7.24. The summed E-state index contributed by atoms with van der Waals surface area (Å²) in [4.78, 5) is 13.0. The lowest BCUT2D eigenvalue weighted by molar-refractivity contribution is 0.0528. The van der Waals surface area contributed by atoms with Crippen LogP contribution in [0.2, 0.25) is 0 Å². The molecule has 0 aromatic carbocycles. The van der Waals surface area contributed by atoms with Crippen molar-refractivity contribution in [3.8, 4) is 0 Å². The lowest BCUT2D eigenvalue weighted by Crippen LogP contribution is -2.07. The topological polar surface area (TPSA) is 52.3 Å². The molecule has 0 saturated carbocycles. The molecule has 4 heteroatoms. The van der Waals surface area contributed by atoms with Crippen molar-refractivity contribution in [2.45, 2.75) is 6.92 Å². The van der Waals surface area contributed by atoms with Crippen molar-refractivity contribution < 1.29 is 9.53 Å². The summed E-state index contributed by atoms with van der Waals surface area (Å²) in [5, 5.41) is 0.480. The highest BCUT2D eigenvalue weighted by Crippen LogP contribution is 2.34. The fraction of sp³-hybridized carbons (Fsp3) is 0.118. The van der Waals surface area contributed by atoms with Crippen molar-refractivity contribution in [1.29, 1.82) is 0 Å². The van der Waals surface area contributed by atoms with Crippen molar-refractivity contribution in [2.24, 2.45) is 0 Å². The number of esters is 1. The largest absolute Gasteiger partial charge is 0.462 e. The van der Waals surface area contributed by atoms with Gasteiger partial charge in [-0.15, -0.1) is 11.3 Å². The van der Waals surface area contributed by atoms with Crippen LogP contribution >= 0.6 is 11.3 Å². The van der Waals surface area contributed by atoms with Gasteiger partial charge < -0.3 is 10.5 Å². The third-order valence-electron chi connectivity index (χ3n) is 2.77. The summed E-state index contributed by atoms with van der Waals surface area (Å²) in [6.07, 6.45) is 19.2. The number of nitrogen functional groups attached to an aromatic ring is 1. The predicted octanol–water partition coefficient (Wildman–Crippen LogP) is 4.22. The zero-order valence-corrected chi connectivity index (χ0v) is 12.6. The number of ether oxygens (including phenoxy) is 1. The molecular weight excluding hydrogens is 282 g/mol. The molecule has 0 radical (unpaired) electrons. The first-order chi connectivity index (χ1) is 10.2. The minimum atomic E-state index is -0.378. The van der Waals surface area contributed by atoms with E-state index >= 15 is 0 Å². The van der Waals surface area contributed by atoms with Gasteiger partial charge in [0, 0.05) is 10.4 Å². The number of anilines is 1. The molecule has 1 aliphatic carbocycles. The van der Waals surface area contributed by atoms with E-state index in [1.807, 2.05) is 60.8 Å². The summed E-state index contributed by atoms with van der Waals surface area (Å²) in [5.74, 6) is -0.378. The Labute approximate surface area is 128 Å². The Morgan fingerprint density at radius 3 is 2.24 bits per heavy atom. The molecule has 3 nitrogen and oxygen atoms in total. The van der Waals surface area contributed by atoms with Crippen LogP contribution in [-0.4, -0.2) is 12.6 Å². The minimum Gasteiger partial charge on any atom is -0.462 e. The van der Waals surface area contributed by atoms with Crippen LogP contribution < -0.4 is 5.73 Å². The van der Waals surface area contributed by atoms with Gasteiger partial charge in [0.25, 0.3) is 0 Å². The van der Waals surface area contributed by atoms with Gasteiger partial charge in [0.05, 0.1) is 6.61 Å². The number of nitrogens with two attached hydrogens (primary N) is 1. The molecule has 0 saturated heterocycles. The molecule has 0 fully saturated rings. The monoisotopic (exact) mass is 299 g/mol. The van der Waals surface area contributed by atoms with Gasteiger partial charge in [-0.3, -0.25) is 0 Å². The zero-order chi connectivity index (χ0) is 15.1. The van der Waals surface area contributed by atoms with Crippen molar-refractivity contribution in [3.63, 3.8) is 0 Å². The Kier molecular flexibility index (Phi) is 5.35. The first kappa shape index (κ1) is 15.1. The Balaban J connectivity index is 2.50. The minimum absolute atomic E-state index is 0.329. The molecule has 1 aromatic rings. The molecule has 0 atom stereocenters. The number of fused-ring (bicyclic) bond motifs is 1. The van der Waals surface area contributed by atoms with E-state index in [-0.39, 0.29) is 5.97 Å². The predicted molar refractivity (Wildman–Crippen MR) is 90.2 cm³/mol. The van der Waals surface area contributed by atoms with Gasteiger partial charge in [-0.1, -0.05) is 54.7 Å². The highest BCUT2D eigenvalue weighted by Gasteiger charge is 2.20. The van der Waals surface area contributed by atoms with Crippen LogP contribution in [0, 0.1) is 0 Å². The van der Waals surface area contributed by atoms with Gasteiger partial charge in [0.2, 0.25) is 0 Å². The number of carbonyl (C=O) groups excluding carboxylic acids is 1. The highest BCUT2D eigenvalue weighted by atomic mass is 32.1. The van der Waals surface area contributed by atoms with Gasteiger partial charge in [0.15, 0.2) is 0 Å². The maximum atomic E-state index is 12.1. The molecule has 2 N–H and O–H groups in total. The van der Waals surface area contributed by atoms with Crippen LogP contribution in [0.15, 0.2) is 48.6 Å². The Morgan fingerprint density at radius 1 is 1.05 bits per heavy atom. The normalized spacial score (nSPS) is 19.7. The number of allylic oxidation sites excluding steroid dienone is 8. The quantitative estimate of drug-likeness (QED) is 0.832. The lowest BCUT2D eigenvalue weighted by Gasteiger charge is -2.02. The van der Waals surface area contributed by atoms with Gasteiger partial charge in [-0.2, -0.15) is 0 Å². The maximum Gasteiger partial charge on any atom is 0.341 e. The van der Waals surface area contributed by atoms with Crippen LogP contribution in [0.25, 0.3) is 12.2 Å². The number of hydrogen-bond acceptors (Lipinski definition) is 4. The Bertz CT molecular complexity index is 661. The maximum absolute atomic E-state index is 12.1. The van der Waals surface area contributed by atoms with E-state index in [2.05, 4.69) is 0 Å². The van der Waals surface area contributed by atoms with Crippen molar-refractivity contribution in [2.75, 3.05) is 12.3 Å². The van der Waals surface area contributed by atoms with Gasteiger partial charge >= 0.3 is 5.97 Å². The molecule has 0 unspecified atom stereocenters. The summed E-state index contributed by atoms with van der Waals surface area (Å²) in [6, 6.07) is 0. The third-order valence-corrected chi connectivity index (χ3v) is 3.77. The van der Waals surface area contributed by atoms with E-state index in [0.717, 1.165) is 10.4 Å². The smallest absolute Gasteiger partial charge is 0.341 e. The van der Waals surface area contributed by atoms with E-state index in [0.29, 0.717) is 17.2 Å².